The van der Waals surface area contributed by atoms with Crippen molar-refractivity contribution in [3.05, 3.63) is 29.8 Å². The van der Waals surface area contributed by atoms with Crippen LogP contribution in [0, 0.1) is 17.7 Å². The molecule has 2 N–H and O–H groups in total. The maximum absolute atomic E-state index is 14.3. The summed E-state index contributed by atoms with van der Waals surface area (Å²) in [5, 5.41) is 9.79. The van der Waals surface area contributed by atoms with Crippen LogP contribution in [0.4, 0.5) is 17.6 Å². The first-order valence-corrected chi connectivity index (χ1v) is 12.6. The van der Waals surface area contributed by atoms with Crippen LogP contribution in [0.1, 0.15) is 61.9 Å². The summed E-state index contributed by atoms with van der Waals surface area (Å²) in [6, 6.07) is 2.43. The molecule has 2 aromatic rings. The van der Waals surface area contributed by atoms with E-state index in [0.29, 0.717) is 31.4 Å². The minimum absolute atomic E-state index is 0.0362. The fraction of sp³-hybridized carbons (Fsp3) is 0.600. The van der Waals surface area contributed by atoms with Gasteiger partial charge in [0.05, 0.1) is 24.9 Å². The fourth-order valence-corrected chi connectivity index (χ4v) is 6.05. The van der Waals surface area contributed by atoms with Crippen molar-refractivity contribution in [2.45, 2.75) is 75.7 Å². The largest absolute Gasteiger partial charge is 0.481 e. The van der Waals surface area contributed by atoms with Crippen molar-refractivity contribution in [3.8, 4) is 17.1 Å². The molecule has 2 saturated heterocycles. The topological polar surface area (TPSA) is 100 Å². The van der Waals surface area contributed by atoms with Crippen molar-refractivity contribution >= 4 is 11.8 Å². The zero-order valence-corrected chi connectivity index (χ0v) is 20.4. The zero-order valence-electron chi connectivity index (χ0n) is 20.4. The Morgan fingerprint density at radius 3 is 2.38 bits per heavy atom. The Kier molecular flexibility index (Phi) is 6.84. The molecular weight excluding hydrogens is 494 g/mol. The highest BCUT2D eigenvalue weighted by molar-refractivity contribution is 5.94. The Labute approximate surface area is 211 Å². The molecule has 3 atom stereocenters. The number of aromatic amines is 1. The Morgan fingerprint density at radius 1 is 1.08 bits per heavy atom. The van der Waals surface area contributed by atoms with E-state index < -0.39 is 17.9 Å². The van der Waals surface area contributed by atoms with Crippen molar-refractivity contribution < 1.29 is 31.9 Å². The van der Waals surface area contributed by atoms with E-state index in [9.17, 15) is 27.2 Å². The number of ether oxygens (including phenoxy) is 1. The highest BCUT2D eigenvalue weighted by atomic mass is 19.4. The summed E-state index contributed by atoms with van der Waals surface area (Å²) in [5.74, 6) is -2.34. The number of aromatic nitrogens is 3. The lowest BCUT2D eigenvalue weighted by Crippen LogP contribution is -2.51. The number of rotatable bonds is 5. The number of piperidine rings is 1. The minimum atomic E-state index is -4.18. The highest BCUT2D eigenvalue weighted by Gasteiger charge is 2.46. The monoisotopic (exact) mass is 523 g/mol. The predicted molar refractivity (Wildman–Crippen MR) is 124 cm³/mol. The number of halogens is 4. The van der Waals surface area contributed by atoms with Crippen LogP contribution in [0.2, 0.25) is 0 Å². The molecule has 0 radical (unpaired) electrons. The number of carbonyl (C=O) groups is 2. The van der Waals surface area contributed by atoms with Gasteiger partial charge in [0, 0.05) is 35.7 Å². The van der Waals surface area contributed by atoms with Gasteiger partial charge in [0.2, 0.25) is 11.8 Å². The molecule has 4 heterocycles. The molecule has 1 aliphatic carbocycles. The standard InChI is InChI=1S/C25H29F4N5O3/c1-37-22-10-18(19(26)12-30-22)20-11-21(33-32-20)24(36)34-16-6-7-17(34)9-13(8-16)23(35)31-15-4-2-14(3-5-15)25(27,28)29/h10-17H,2-9H2,1H3,(H,31,35)(H,32,33)/t13-,14-,15-,16-,17+. The van der Waals surface area contributed by atoms with E-state index in [1.165, 1.54) is 19.2 Å². The van der Waals surface area contributed by atoms with Crippen LogP contribution < -0.4 is 10.1 Å². The number of nitrogens with zero attached hydrogens (tertiary/aromatic N) is 3. The molecule has 2 aromatic heterocycles. The second kappa shape index (κ2) is 9.94. The van der Waals surface area contributed by atoms with Crippen molar-refractivity contribution in [3.63, 3.8) is 0 Å². The maximum Gasteiger partial charge on any atom is 0.391 e. The van der Waals surface area contributed by atoms with Gasteiger partial charge in [-0.15, -0.1) is 0 Å². The van der Waals surface area contributed by atoms with Crippen molar-refractivity contribution in [1.29, 1.82) is 0 Å². The van der Waals surface area contributed by atoms with Gasteiger partial charge in [-0.2, -0.15) is 18.3 Å². The van der Waals surface area contributed by atoms with Crippen LogP contribution in [-0.2, 0) is 4.79 Å². The Balaban J connectivity index is 1.20. The molecule has 0 aromatic carbocycles. The van der Waals surface area contributed by atoms with Crippen molar-refractivity contribution in [2.24, 2.45) is 11.8 Å². The molecule has 0 spiro atoms. The second-order valence-corrected chi connectivity index (χ2v) is 10.2. The van der Waals surface area contributed by atoms with Crippen LogP contribution >= 0.6 is 0 Å². The van der Waals surface area contributed by atoms with Gasteiger partial charge in [-0.3, -0.25) is 14.7 Å². The maximum atomic E-state index is 14.3. The van der Waals surface area contributed by atoms with E-state index in [0.717, 1.165) is 19.0 Å². The molecule has 3 aliphatic rings. The lowest BCUT2D eigenvalue weighted by Gasteiger charge is -2.39. The molecule has 200 valence electrons. The number of H-pyrrole nitrogens is 1. The van der Waals surface area contributed by atoms with Gasteiger partial charge in [0.1, 0.15) is 0 Å². The van der Waals surface area contributed by atoms with E-state index in [2.05, 4.69) is 20.5 Å². The predicted octanol–water partition coefficient (Wildman–Crippen LogP) is 4.24. The summed E-state index contributed by atoms with van der Waals surface area (Å²) in [7, 11) is 1.42. The quantitative estimate of drug-likeness (QED) is 0.571. The lowest BCUT2D eigenvalue weighted by atomic mass is 9.84. The Hall–Kier alpha value is -3.18. The Bertz CT molecular complexity index is 1150. The van der Waals surface area contributed by atoms with E-state index in [1.54, 1.807) is 4.90 Å². The smallest absolute Gasteiger partial charge is 0.391 e. The van der Waals surface area contributed by atoms with Crippen LogP contribution in [-0.4, -0.2) is 63.3 Å². The summed E-state index contributed by atoms with van der Waals surface area (Å²) in [6.07, 6.45) is 0.115. The number of alkyl halides is 3. The van der Waals surface area contributed by atoms with Gasteiger partial charge in [0.25, 0.3) is 5.91 Å². The molecule has 2 aliphatic heterocycles. The lowest BCUT2D eigenvalue weighted by molar-refractivity contribution is -0.182. The van der Waals surface area contributed by atoms with Crippen LogP contribution in [0.25, 0.3) is 11.3 Å². The molecule has 0 unspecified atom stereocenters. The van der Waals surface area contributed by atoms with E-state index in [-0.39, 0.29) is 65.8 Å². The average molecular weight is 524 g/mol. The molecule has 2 bridgehead atoms. The molecule has 37 heavy (non-hydrogen) atoms. The molecule has 12 heteroatoms. The van der Waals surface area contributed by atoms with Crippen molar-refractivity contribution in [2.75, 3.05) is 7.11 Å². The molecule has 2 amide bonds. The molecular formula is C25H29F4N5O3. The summed E-state index contributed by atoms with van der Waals surface area (Å²) < 4.78 is 58.1. The third-order valence-corrected chi connectivity index (χ3v) is 8.00. The molecule has 1 saturated carbocycles. The number of hydrogen-bond acceptors (Lipinski definition) is 5. The molecule has 5 rings (SSSR count). The van der Waals surface area contributed by atoms with E-state index >= 15 is 0 Å². The first kappa shape index (κ1) is 25.5. The zero-order chi connectivity index (χ0) is 26.3. The van der Waals surface area contributed by atoms with E-state index in [4.69, 9.17) is 4.74 Å². The van der Waals surface area contributed by atoms with Gasteiger partial charge >= 0.3 is 6.18 Å². The number of amides is 2. The van der Waals surface area contributed by atoms with E-state index in [1.807, 2.05) is 0 Å². The number of methoxy groups -OCH3 is 1. The molecule has 8 nitrogen and oxygen atoms in total. The average Bonchev–Trinajstić information content (AvgIpc) is 3.46. The summed E-state index contributed by atoms with van der Waals surface area (Å²) >= 11 is 0. The van der Waals surface area contributed by atoms with Gasteiger partial charge < -0.3 is 15.0 Å². The normalized spacial score (nSPS) is 27.7. The first-order chi connectivity index (χ1) is 17.6. The van der Waals surface area contributed by atoms with Gasteiger partial charge in [0.15, 0.2) is 11.5 Å². The summed E-state index contributed by atoms with van der Waals surface area (Å²) in [4.78, 5) is 31.9. The highest BCUT2D eigenvalue weighted by Crippen LogP contribution is 2.41. The van der Waals surface area contributed by atoms with Crippen LogP contribution in [0.15, 0.2) is 18.3 Å². The summed E-state index contributed by atoms with van der Waals surface area (Å²) in [5.41, 5.74) is 0.663. The minimum Gasteiger partial charge on any atom is -0.481 e. The second-order valence-electron chi connectivity index (χ2n) is 10.2. The van der Waals surface area contributed by atoms with Crippen molar-refractivity contribution in [1.82, 2.24) is 25.4 Å². The SMILES string of the molecule is COc1cc(-c2cc(C(=O)N3[C@@H]4CC[C@H]3C[C@H](C(=O)N[C@H]3CC[C@H](C(F)(F)F)CC3)C4)n[nH]2)c(F)cn1. The first-order valence-electron chi connectivity index (χ1n) is 12.6. The van der Waals surface area contributed by atoms with Gasteiger partial charge in [-0.05, 0) is 57.4 Å². The fourth-order valence-electron chi connectivity index (χ4n) is 6.05. The molecule has 3 fully saturated rings. The number of nitrogens with one attached hydrogen (secondary N) is 2. The Morgan fingerprint density at radius 2 is 1.76 bits per heavy atom. The van der Waals surface area contributed by atoms with Crippen LogP contribution in [0.3, 0.4) is 0 Å². The van der Waals surface area contributed by atoms with Gasteiger partial charge in [-0.25, -0.2) is 9.37 Å². The number of fused-ring (bicyclic) bond motifs is 2. The van der Waals surface area contributed by atoms with Crippen LogP contribution in [0.5, 0.6) is 5.88 Å². The third-order valence-electron chi connectivity index (χ3n) is 8.00. The summed E-state index contributed by atoms with van der Waals surface area (Å²) in [6.45, 7) is 0. The number of hydrogen-bond donors (Lipinski definition) is 2. The third kappa shape index (κ3) is 5.15. The number of carbonyl (C=O) groups excluding carboxylic acids is 2. The number of pyridine rings is 1. The van der Waals surface area contributed by atoms with Gasteiger partial charge in [-0.1, -0.05) is 0 Å².